The lowest BCUT2D eigenvalue weighted by Gasteiger charge is -2.04. The van der Waals surface area contributed by atoms with Gasteiger partial charge in [-0.15, -0.1) is 0 Å². The van der Waals surface area contributed by atoms with Crippen LogP contribution >= 0.6 is 15.9 Å². The number of rotatable bonds is 3. The molecule has 0 aromatic carbocycles. The smallest absolute Gasteiger partial charge is 0.331 e. The van der Waals surface area contributed by atoms with Crippen molar-refractivity contribution >= 4 is 15.9 Å². The highest BCUT2D eigenvalue weighted by Crippen LogP contribution is 2.30. The predicted octanol–water partition coefficient (Wildman–Crippen LogP) is 3.88. The van der Waals surface area contributed by atoms with E-state index in [4.69, 9.17) is 0 Å². The topological polar surface area (TPSA) is 30.7 Å². The zero-order valence-corrected chi connectivity index (χ0v) is 11.7. The molecule has 0 atom stereocenters. The maximum Gasteiger partial charge on any atom is 0.434 e. The summed E-state index contributed by atoms with van der Waals surface area (Å²) in [5, 5.41) is 0.600. The van der Waals surface area contributed by atoms with Crippen molar-refractivity contribution in [3.8, 4) is 11.4 Å². The first-order valence-corrected chi connectivity index (χ1v) is 6.73. The van der Waals surface area contributed by atoms with E-state index >= 15 is 0 Å². The van der Waals surface area contributed by atoms with Crippen LogP contribution in [0.15, 0.2) is 24.5 Å². The number of halogens is 4. The lowest BCUT2D eigenvalue weighted by molar-refractivity contribution is -0.140. The molecule has 0 amide bonds. The molecule has 7 heteroatoms. The third-order valence-electron chi connectivity index (χ3n) is 2.63. The summed E-state index contributed by atoms with van der Waals surface area (Å²) in [5.41, 5.74) is 0.505. The number of nitrogens with zero attached hydrogens (tertiary/aromatic N) is 3. The molecule has 3 nitrogen and oxygen atoms in total. The van der Waals surface area contributed by atoms with Gasteiger partial charge in [0.25, 0.3) is 0 Å². The van der Waals surface area contributed by atoms with Gasteiger partial charge in [-0.05, 0) is 19.1 Å². The fourth-order valence-corrected chi connectivity index (χ4v) is 1.99. The van der Waals surface area contributed by atoms with Crippen LogP contribution in [0.2, 0.25) is 0 Å². The summed E-state index contributed by atoms with van der Waals surface area (Å²) < 4.78 is 39.4. The summed E-state index contributed by atoms with van der Waals surface area (Å²) in [5.74, 6) is 0.281. The number of imidazole rings is 1. The van der Waals surface area contributed by atoms with E-state index in [9.17, 15) is 13.2 Å². The fourth-order valence-electron chi connectivity index (χ4n) is 1.66. The first-order chi connectivity index (χ1) is 8.95. The van der Waals surface area contributed by atoms with Crippen molar-refractivity contribution < 1.29 is 13.2 Å². The largest absolute Gasteiger partial charge is 0.434 e. The Hall–Kier alpha value is -1.37. The summed E-state index contributed by atoms with van der Waals surface area (Å²) >= 11 is 3.26. The summed E-state index contributed by atoms with van der Waals surface area (Å²) in [6.45, 7) is 2.18. The summed E-state index contributed by atoms with van der Waals surface area (Å²) in [7, 11) is 0. The second kappa shape index (κ2) is 5.32. The van der Waals surface area contributed by atoms with Crippen LogP contribution in [0.5, 0.6) is 0 Å². The SMILES string of the molecule is CCn1cc(C(F)(F)F)nc1-c1ccc(CBr)nc1. The molecule has 2 heterocycles. The Kier molecular flexibility index (Phi) is 3.93. The fraction of sp³-hybridized carbons (Fsp3) is 0.333. The Balaban J connectivity index is 2.45. The van der Waals surface area contributed by atoms with E-state index in [-0.39, 0.29) is 5.82 Å². The van der Waals surface area contributed by atoms with Gasteiger partial charge in [0.1, 0.15) is 5.82 Å². The Bertz CT molecular complexity index is 561. The summed E-state index contributed by atoms with van der Waals surface area (Å²) in [6.07, 6.45) is -1.88. The van der Waals surface area contributed by atoms with Gasteiger partial charge in [0, 0.05) is 29.8 Å². The zero-order chi connectivity index (χ0) is 14.0. The van der Waals surface area contributed by atoms with Gasteiger partial charge in [-0.2, -0.15) is 13.2 Å². The highest BCUT2D eigenvalue weighted by atomic mass is 79.9. The van der Waals surface area contributed by atoms with Crippen LogP contribution in [0.4, 0.5) is 13.2 Å². The minimum absolute atomic E-state index is 0.281. The van der Waals surface area contributed by atoms with E-state index in [2.05, 4.69) is 25.9 Å². The van der Waals surface area contributed by atoms with Crippen LogP contribution in [0, 0.1) is 0 Å². The minimum Gasteiger partial charge on any atom is -0.331 e. The van der Waals surface area contributed by atoms with Gasteiger partial charge in [-0.1, -0.05) is 15.9 Å². The number of hydrogen-bond acceptors (Lipinski definition) is 2. The summed E-state index contributed by atoms with van der Waals surface area (Å²) in [4.78, 5) is 7.80. The van der Waals surface area contributed by atoms with E-state index in [1.54, 1.807) is 19.1 Å². The van der Waals surface area contributed by atoms with Gasteiger partial charge < -0.3 is 4.57 Å². The molecule has 2 rings (SSSR count). The molecule has 102 valence electrons. The molecule has 0 radical (unpaired) electrons. The molecular formula is C12H11BrF3N3. The first kappa shape index (κ1) is 14.0. The minimum atomic E-state index is -4.43. The van der Waals surface area contributed by atoms with Crippen LogP contribution in [0.3, 0.4) is 0 Å². The van der Waals surface area contributed by atoms with Crippen molar-refractivity contribution in [2.45, 2.75) is 25.0 Å². The van der Waals surface area contributed by atoms with Crippen molar-refractivity contribution in [2.24, 2.45) is 0 Å². The monoisotopic (exact) mass is 333 g/mol. The Morgan fingerprint density at radius 2 is 2.05 bits per heavy atom. The highest BCUT2D eigenvalue weighted by molar-refractivity contribution is 9.08. The molecular weight excluding hydrogens is 323 g/mol. The molecule has 0 saturated carbocycles. The lowest BCUT2D eigenvalue weighted by Crippen LogP contribution is -2.05. The molecule has 19 heavy (non-hydrogen) atoms. The van der Waals surface area contributed by atoms with Gasteiger partial charge in [0.2, 0.25) is 0 Å². The van der Waals surface area contributed by atoms with Crippen molar-refractivity contribution in [1.29, 1.82) is 0 Å². The van der Waals surface area contributed by atoms with Crippen LogP contribution in [-0.2, 0) is 18.1 Å². The molecule has 2 aromatic heterocycles. The molecule has 0 unspecified atom stereocenters. The first-order valence-electron chi connectivity index (χ1n) is 5.61. The van der Waals surface area contributed by atoms with Gasteiger partial charge in [0.05, 0.1) is 5.69 Å². The Labute approximate surface area is 116 Å². The summed E-state index contributed by atoms with van der Waals surface area (Å²) in [6, 6.07) is 3.48. The lowest BCUT2D eigenvalue weighted by atomic mass is 10.2. The maximum absolute atomic E-state index is 12.7. The molecule has 0 aliphatic heterocycles. The normalized spacial score (nSPS) is 11.8. The van der Waals surface area contributed by atoms with E-state index in [1.807, 2.05) is 0 Å². The standard InChI is InChI=1S/C12H11BrF3N3/c1-2-19-7-10(12(14,15)16)18-11(19)8-3-4-9(5-13)17-6-8/h3-4,6-7H,2,5H2,1H3. The van der Waals surface area contributed by atoms with Crippen molar-refractivity contribution in [2.75, 3.05) is 0 Å². The Morgan fingerprint density at radius 1 is 1.32 bits per heavy atom. The van der Waals surface area contributed by atoms with Gasteiger partial charge in [0.15, 0.2) is 5.69 Å². The molecule has 0 saturated heterocycles. The molecule has 0 N–H and O–H groups in total. The van der Waals surface area contributed by atoms with E-state index in [1.165, 1.54) is 10.8 Å². The molecule has 0 aliphatic rings. The van der Waals surface area contributed by atoms with Crippen LogP contribution in [-0.4, -0.2) is 14.5 Å². The second-order valence-electron chi connectivity index (χ2n) is 3.91. The molecule has 0 fully saturated rings. The quantitative estimate of drug-likeness (QED) is 0.798. The van der Waals surface area contributed by atoms with Gasteiger partial charge >= 0.3 is 6.18 Å². The molecule has 2 aromatic rings. The predicted molar refractivity (Wildman–Crippen MR) is 68.8 cm³/mol. The van der Waals surface area contributed by atoms with Crippen LogP contribution in [0.25, 0.3) is 11.4 Å². The third kappa shape index (κ3) is 2.97. The average molecular weight is 334 g/mol. The average Bonchev–Trinajstić information content (AvgIpc) is 2.83. The van der Waals surface area contributed by atoms with Crippen LogP contribution < -0.4 is 0 Å². The number of hydrogen-bond donors (Lipinski definition) is 0. The number of aromatic nitrogens is 3. The third-order valence-corrected chi connectivity index (χ3v) is 3.20. The zero-order valence-electron chi connectivity index (χ0n) is 10.1. The second-order valence-corrected chi connectivity index (χ2v) is 4.47. The van der Waals surface area contributed by atoms with Crippen LogP contribution in [0.1, 0.15) is 18.3 Å². The number of pyridine rings is 1. The number of alkyl halides is 4. The van der Waals surface area contributed by atoms with Crippen molar-refractivity contribution in [1.82, 2.24) is 14.5 Å². The molecule has 0 spiro atoms. The number of aryl methyl sites for hydroxylation is 1. The van der Waals surface area contributed by atoms with Gasteiger partial charge in [-0.3, -0.25) is 4.98 Å². The maximum atomic E-state index is 12.7. The van der Waals surface area contributed by atoms with Gasteiger partial charge in [-0.25, -0.2) is 4.98 Å². The van der Waals surface area contributed by atoms with Crippen molar-refractivity contribution in [3.63, 3.8) is 0 Å². The van der Waals surface area contributed by atoms with E-state index in [0.717, 1.165) is 11.9 Å². The van der Waals surface area contributed by atoms with E-state index < -0.39 is 11.9 Å². The van der Waals surface area contributed by atoms with Crippen molar-refractivity contribution in [3.05, 3.63) is 35.9 Å². The highest BCUT2D eigenvalue weighted by Gasteiger charge is 2.34. The molecule has 0 bridgehead atoms. The Morgan fingerprint density at radius 3 is 2.53 bits per heavy atom. The van der Waals surface area contributed by atoms with E-state index in [0.29, 0.717) is 17.4 Å². The molecule has 0 aliphatic carbocycles.